The van der Waals surface area contributed by atoms with E-state index >= 15 is 0 Å². The summed E-state index contributed by atoms with van der Waals surface area (Å²) in [5.74, 6) is 1.69. The Balaban J connectivity index is 1.56. The van der Waals surface area contributed by atoms with Crippen LogP contribution in [0.5, 0.6) is 11.5 Å². The van der Waals surface area contributed by atoms with E-state index in [1.54, 1.807) is 18.4 Å². The molecule has 3 aromatic carbocycles. The van der Waals surface area contributed by atoms with E-state index in [2.05, 4.69) is 24.3 Å². The Hall–Kier alpha value is -2.98. The summed E-state index contributed by atoms with van der Waals surface area (Å²) in [5, 5.41) is 1.07. The molecule has 0 amide bonds. The highest BCUT2D eigenvalue weighted by Gasteiger charge is 2.12. The summed E-state index contributed by atoms with van der Waals surface area (Å²) in [6.45, 7) is 0.561. The Morgan fingerprint density at radius 3 is 2.35 bits per heavy atom. The molecule has 0 radical (unpaired) electrons. The largest absolute Gasteiger partial charge is 0.497 e. The number of rotatable bonds is 5. The molecule has 0 unspecified atom stereocenters. The van der Waals surface area contributed by atoms with Crippen LogP contribution in [0.3, 0.4) is 0 Å². The molecular formula is C22H19NO2S. The van der Waals surface area contributed by atoms with Crippen LogP contribution in [-0.4, -0.2) is 7.11 Å². The van der Waals surface area contributed by atoms with Crippen molar-refractivity contribution in [3.63, 3.8) is 0 Å². The lowest BCUT2D eigenvalue weighted by molar-refractivity contribution is 0.306. The molecular weight excluding hydrogens is 342 g/mol. The summed E-state index contributed by atoms with van der Waals surface area (Å²) in [6.07, 6.45) is 0. The fourth-order valence-corrected chi connectivity index (χ4v) is 4.04. The minimum Gasteiger partial charge on any atom is -0.497 e. The third-order valence-corrected chi connectivity index (χ3v) is 5.52. The average molecular weight is 361 g/mol. The molecule has 130 valence electrons. The van der Waals surface area contributed by atoms with E-state index in [9.17, 15) is 0 Å². The maximum atomic E-state index is 6.37. The van der Waals surface area contributed by atoms with Gasteiger partial charge in [0, 0.05) is 10.1 Å². The fourth-order valence-electron chi connectivity index (χ4n) is 2.88. The van der Waals surface area contributed by atoms with Gasteiger partial charge < -0.3 is 15.2 Å². The molecule has 4 rings (SSSR count). The Morgan fingerprint density at radius 2 is 1.62 bits per heavy atom. The molecule has 0 atom stereocenters. The Labute approximate surface area is 156 Å². The van der Waals surface area contributed by atoms with Crippen LogP contribution in [0.25, 0.3) is 20.5 Å². The zero-order valence-electron chi connectivity index (χ0n) is 14.4. The number of ether oxygens (including phenoxy) is 2. The van der Waals surface area contributed by atoms with Gasteiger partial charge in [-0.15, -0.1) is 11.3 Å². The number of hydrogen-bond donors (Lipinski definition) is 1. The monoisotopic (exact) mass is 361 g/mol. The van der Waals surface area contributed by atoms with Gasteiger partial charge >= 0.3 is 0 Å². The summed E-state index contributed by atoms with van der Waals surface area (Å²) < 4.78 is 12.3. The van der Waals surface area contributed by atoms with Gasteiger partial charge in [-0.2, -0.15) is 0 Å². The first kappa shape index (κ1) is 16.5. The zero-order chi connectivity index (χ0) is 17.9. The van der Waals surface area contributed by atoms with E-state index < -0.39 is 0 Å². The summed E-state index contributed by atoms with van der Waals surface area (Å²) in [4.78, 5) is 1.07. The van der Waals surface area contributed by atoms with Gasteiger partial charge in [-0.3, -0.25) is 0 Å². The third kappa shape index (κ3) is 3.24. The molecule has 0 aliphatic heterocycles. The van der Waals surface area contributed by atoms with E-state index in [0.717, 1.165) is 43.3 Å². The number of benzene rings is 3. The van der Waals surface area contributed by atoms with Gasteiger partial charge in [0.15, 0.2) is 0 Å². The second-order valence-electron chi connectivity index (χ2n) is 6.01. The van der Waals surface area contributed by atoms with Crippen LogP contribution in [0.2, 0.25) is 0 Å². The number of anilines is 1. The number of methoxy groups -OCH3 is 1. The van der Waals surface area contributed by atoms with Crippen molar-refractivity contribution >= 4 is 27.1 Å². The SMILES string of the molecule is COc1ccc2c(N)c(-c3ccc(OCc4ccccc4)cc3)sc2c1. The van der Waals surface area contributed by atoms with E-state index in [-0.39, 0.29) is 0 Å². The molecule has 0 saturated carbocycles. The normalized spacial score (nSPS) is 10.8. The Kier molecular flexibility index (Phi) is 4.50. The number of nitrogens with two attached hydrogens (primary N) is 1. The molecule has 0 aliphatic carbocycles. The maximum Gasteiger partial charge on any atom is 0.120 e. The first-order valence-electron chi connectivity index (χ1n) is 8.38. The molecule has 0 aliphatic rings. The van der Waals surface area contributed by atoms with Gasteiger partial charge in [0.2, 0.25) is 0 Å². The number of nitrogen functional groups attached to an aromatic ring is 1. The summed E-state index contributed by atoms with van der Waals surface area (Å²) >= 11 is 1.68. The van der Waals surface area contributed by atoms with Crippen molar-refractivity contribution in [1.82, 2.24) is 0 Å². The van der Waals surface area contributed by atoms with Gasteiger partial charge in [0.1, 0.15) is 18.1 Å². The zero-order valence-corrected chi connectivity index (χ0v) is 15.3. The maximum absolute atomic E-state index is 6.37. The highest BCUT2D eigenvalue weighted by molar-refractivity contribution is 7.23. The lowest BCUT2D eigenvalue weighted by atomic mass is 10.1. The number of hydrogen-bond acceptors (Lipinski definition) is 4. The van der Waals surface area contributed by atoms with Crippen LogP contribution < -0.4 is 15.2 Å². The molecule has 4 aromatic rings. The molecule has 0 fully saturated rings. The minimum absolute atomic E-state index is 0.561. The minimum atomic E-state index is 0.561. The molecule has 0 spiro atoms. The van der Waals surface area contributed by atoms with Gasteiger partial charge in [0.25, 0.3) is 0 Å². The molecule has 3 nitrogen and oxygen atoms in total. The summed E-state index contributed by atoms with van der Waals surface area (Å²) in [7, 11) is 1.67. The first-order valence-corrected chi connectivity index (χ1v) is 9.19. The molecule has 2 N–H and O–H groups in total. The Morgan fingerprint density at radius 1 is 0.885 bits per heavy atom. The van der Waals surface area contributed by atoms with Gasteiger partial charge in [-0.05, 0) is 53.6 Å². The molecule has 1 aromatic heterocycles. The van der Waals surface area contributed by atoms with Crippen LogP contribution in [0.1, 0.15) is 5.56 Å². The number of thiophene rings is 1. The smallest absolute Gasteiger partial charge is 0.120 e. The van der Waals surface area contributed by atoms with Crippen LogP contribution in [0.4, 0.5) is 5.69 Å². The van der Waals surface area contributed by atoms with Gasteiger partial charge in [0.05, 0.1) is 17.7 Å². The van der Waals surface area contributed by atoms with Crippen molar-refractivity contribution in [1.29, 1.82) is 0 Å². The van der Waals surface area contributed by atoms with E-state index in [1.807, 2.05) is 48.5 Å². The highest BCUT2D eigenvalue weighted by atomic mass is 32.1. The van der Waals surface area contributed by atoms with Crippen molar-refractivity contribution in [2.45, 2.75) is 6.61 Å². The van der Waals surface area contributed by atoms with Crippen LogP contribution in [0, 0.1) is 0 Å². The lowest BCUT2D eigenvalue weighted by Crippen LogP contribution is -1.94. The quantitative estimate of drug-likeness (QED) is 0.493. The third-order valence-electron chi connectivity index (χ3n) is 4.30. The highest BCUT2D eigenvalue weighted by Crippen LogP contribution is 2.42. The average Bonchev–Trinajstić information content (AvgIpc) is 3.03. The van der Waals surface area contributed by atoms with Crippen LogP contribution in [-0.2, 0) is 6.61 Å². The fraction of sp³-hybridized carbons (Fsp3) is 0.0909. The molecule has 26 heavy (non-hydrogen) atoms. The Bertz CT molecular complexity index is 1020. The molecule has 4 heteroatoms. The van der Waals surface area contributed by atoms with Crippen molar-refractivity contribution in [3.05, 3.63) is 78.4 Å². The predicted octanol–water partition coefficient (Wildman–Crippen LogP) is 5.74. The number of fused-ring (bicyclic) bond motifs is 1. The van der Waals surface area contributed by atoms with Crippen molar-refractivity contribution in [2.24, 2.45) is 0 Å². The lowest BCUT2D eigenvalue weighted by Gasteiger charge is -2.07. The van der Waals surface area contributed by atoms with Crippen LogP contribution in [0.15, 0.2) is 72.8 Å². The van der Waals surface area contributed by atoms with E-state index in [4.69, 9.17) is 15.2 Å². The molecule has 0 saturated heterocycles. The topological polar surface area (TPSA) is 44.5 Å². The predicted molar refractivity (Wildman–Crippen MR) is 109 cm³/mol. The standard InChI is InChI=1S/C22H19NO2S/c1-24-18-11-12-19-20(13-18)26-22(21(19)23)16-7-9-17(10-8-16)25-14-15-5-3-2-4-6-15/h2-13H,14,23H2,1H3. The van der Waals surface area contributed by atoms with Gasteiger partial charge in [-0.1, -0.05) is 30.3 Å². The van der Waals surface area contributed by atoms with Crippen molar-refractivity contribution < 1.29 is 9.47 Å². The second kappa shape index (κ2) is 7.10. The summed E-state index contributed by atoms with van der Waals surface area (Å²) in [6, 6.07) is 24.2. The van der Waals surface area contributed by atoms with E-state index in [1.165, 1.54) is 0 Å². The second-order valence-corrected chi connectivity index (χ2v) is 7.06. The first-order chi connectivity index (χ1) is 12.7. The van der Waals surface area contributed by atoms with Crippen molar-refractivity contribution in [2.75, 3.05) is 12.8 Å². The molecule has 0 bridgehead atoms. The van der Waals surface area contributed by atoms with Crippen LogP contribution >= 0.6 is 11.3 Å². The molecule has 1 heterocycles. The van der Waals surface area contributed by atoms with Gasteiger partial charge in [-0.25, -0.2) is 0 Å². The van der Waals surface area contributed by atoms with Crippen molar-refractivity contribution in [3.8, 4) is 21.9 Å². The van der Waals surface area contributed by atoms with E-state index in [0.29, 0.717) is 6.61 Å². The summed E-state index contributed by atoms with van der Waals surface area (Å²) in [5.41, 5.74) is 9.43.